The Morgan fingerprint density at radius 2 is 1.41 bits per heavy atom. The van der Waals surface area contributed by atoms with Crippen LogP contribution in [0.1, 0.15) is 26.3 Å². The highest BCUT2D eigenvalue weighted by atomic mass is 32.2. The number of carbonyl (C=O) groups is 2. The fourth-order valence-corrected chi connectivity index (χ4v) is 5.18. The van der Waals surface area contributed by atoms with Gasteiger partial charge in [0.15, 0.2) is 0 Å². The minimum Gasteiger partial charge on any atom is -0.350 e. The molecule has 164 valence electrons. The van der Waals surface area contributed by atoms with Crippen molar-refractivity contribution in [3.8, 4) is 0 Å². The first kappa shape index (κ1) is 21.6. The zero-order valence-corrected chi connectivity index (χ0v) is 18.1. The predicted molar refractivity (Wildman–Crippen MR) is 122 cm³/mol. The van der Waals surface area contributed by atoms with Gasteiger partial charge in [0, 0.05) is 30.8 Å². The van der Waals surface area contributed by atoms with Crippen molar-refractivity contribution in [1.82, 2.24) is 10.6 Å². The number of hydrogen-bond acceptors (Lipinski definition) is 4. The summed E-state index contributed by atoms with van der Waals surface area (Å²) in [6.07, 6.45) is 0.657. The van der Waals surface area contributed by atoms with Crippen LogP contribution in [0.4, 0.5) is 5.69 Å². The Bertz CT molecular complexity index is 1240. The van der Waals surface area contributed by atoms with Gasteiger partial charge in [0.1, 0.15) is 0 Å². The quantitative estimate of drug-likeness (QED) is 0.542. The van der Waals surface area contributed by atoms with Crippen LogP contribution in [-0.2, 0) is 16.4 Å². The number of amides is 2. The van der Waals surface area contributed by atoms with E-state index in [0.29, 0.717) is 24.2 Å². The van der Waals surface area contributed by atoms with Gasteiger partial charge in [-0.15, -0.1) is 0 Å². The molecular formula is C24H23N3O4S. The highest BCUT2D eigenvalue weighted by Crippen LogP contribution is 2.32. The number of rotatable bonds is 7. The Kier molecular flexibility index (Phi) is 6.23. The number of anilines is 1. The van der Waals surface area contributed by atoms with E-state index in [0.717, 1.165) is 5.56 Å². The molecule has 32 heavy (non-hydrogen) atoms. The van der Waals surface area contributed by atoms with Gasteiger partial charge in [0.2, 0.25) is 0 Å². The number of fused-ring (bicyclic) bond motifs is 1. The summed E-state index contributed by atoms with van der Waals surface area (Å²) in [4.78, 5) is 24.6. The van der Waals surface area contributed by atoms with Crippen LogP contribution in [0.3, 0.4) is 0 Å². The molecule has 0 aromatic heterocycles. The van der Waals surface area contributed by atoms with Crippen LogP contribution in [0.2, 0.25) is 0 Å². The predicted octanol–water partition coefficient (Wildman–Crippen LogP) is 2.60. The first-order valence-electron chi connectivity index (χ1n) is 10.3. The van der Waals surface area contributed by atoms with Crippen LogP contribution in [0.15, 0.2) is 83.8 Å². The summed E-state index contributed by atoms with van der Waals surface area (Å²) in [5, 5.41) is 5.44. The first-order valence-corrected chi connectivity index (χ1v) is 11.7. The maximum Gasteiger partial charge on any atom is 0.264 e. The minimum absolute atomic E-state index is 0.0687. The van der Waals surface area contributed by atoms with Crippen molar-refractivity contribution in [2.45, 2.75) is 11.3 Å². The molecule has 0 atom stereocenters. The van der Waals surface area contributed by atoms with Crippen molar-refractivity contribution in [3.63, 3.8) is 0 Å². The van der Waals surface area contributed by atoms with Crippen molar-refractivity contribution < 1.29 is 18.0 Å². The van der Waals surface area contributed by atoms with E-state index in [-0.39, 0.29) is 29.5 Å². The summed E-state index contributed by atoms with van der Waals surface area (Å²) in [6, 6.07) is 22.2. The summed E-state index contributed by atoms with van der Waals surface area (Å²) in [6.45, 7) is 0.842. The van der Waals surface area contributed by atoms with E-state index in [9.17, 15) is 18.0 Å². The number of hydrogen-bond donors (Lipinski definition) is 2. The maximum absolute atomic E-state index is 13.2. The average Bonchev–Trinajstić information content (AvgIpc) is 3.27. The highest BCUT2D eigenvalue weighted by molar-refractivity contribution is 7.92. The molecule has 1 aliphatic heterocycles. The number of benzene rings is 3. The van der Waals surface area contributed by atoms with Crippen molar-refractivity contribution >= 4 is 27.5 Å². The van der Waals surface area contributed by atoms with Gasteiger partial charge in [-0.05, 0) is 48.4 Å². The Labute approximate surface area is 187 Å². The van der Waals surface area contributed by atoms with Gasteiger partial charge in [-0.3, -0.25) is 13.9 Å². The topological polar surface area (TPSA) is 95.6 Å². The lowest BCUT2D eigenvalue weighted by molar-refractivity contribution is 0.0927. The molecule has 1 heterocycles. The SMILES string of the molecule is O=C(NCCNC(=O)c1cccc(S(=O)(=O)N2CCc3ccccc32)c1)c1ccccc1. The Morgan fingerprint density at radius 1 is 0.781 bits per heavy atom. The van der Waals surface area contributed by atoms with Crippen LogP contribution >= 0.6 is 0 Å². The molecule has 0 unspecified atom stereocenters. The molecule has 0 spiro atoms. The number of para-hydroxylation sites is 1. The Hall–Kier alpha value is -3.65. The van der Waals surface area contributed by atoms with Gasteiger partial charge >= 0.3 is 0 Å². The van der Waals surface area contributed by atoms with Crippen molar-refractivity contribution in [1.29, 1.82) is 0 Å². The molecule has 8 heteroatoms. The number of carbonyl (C=O) groups excluding carboxylic acids is 2. The van der Waals surface area contributed by atoms with Crippen molar-refractivity contribution in [2.75, 3.05) is 23.9 Å². The number of sulfonamides is 1. The first-order chi connectivity index (χ1) is 15.5. The third-order valence-electron chi connectivity index (χ3n) is 5.26. The molecule has 1 aliphatic rings. The second-order valence-electron chi connectivity index (χ2n) is 7.36. The molecule has 2 amide bonds. The molecule has 0 radical (unpaired) electrons. The lowest BCUT2D eigenvalue weighted by Gasteiger charge is -2.20. The molecule has 0 saturated carbocycles. The highest BCUT2D eigenvalue weighted by Gasteiger charge is 2.30. The lowest BCUT2D eigenvalue weighted by atomic mass is 10.2. The second kappa shape index (κ2) is 9.23. The zero-order chi connectivity index (χ0) is 22.6. The van der Waals surface area contributed by atoms with Gasteiger partial charge in [-0.2, -0.15) is 0 Å². The number of nitrogens with zero attached hydrogens (tertiary/aromatic N) is 1. The van der Waals surface area contributed by atoms with Crippen LogP contribution in [-0.4, -0.2) is 39.9 Å². The fraction of sp³-hybridized carbons (Fsp3) is 0.167. The molecule has 3 aromatic rings. The summed E-state index contributed by atoms with van der Waals surface area (Å²) in [5.74, 6) is -0.628. The van der Waals surface area contributed by atoms with Crippen molar-refractivity contribution in [3.05, 3.63) is 95.6 Å². The third kappa shape index (κ3) is 4.50. The Balaban J connectivity index is 1.38. The molecule has 7 nitrogen and oxygen atoms in total. The molecule has 2 N–H and O–H groups in total. The monoisotopic (exact) mass is 449 g/mol. The van der Waals surface area contributed by atoms with Gasteiger partial charge in [-0.25, -0.2) is 8.42 Å². The molecule has 0 saturated heterocycles. The third-order valence-corrected chi connectivity index (χ3v) is 7.07. The van der Waals surface area contributed by atoms with Gasteiger partial charge in [0.25, 0.3) is 21.8 Å². The van der Waals surface area contributed by atoms with E-state index in [2.05, 4.69) is 10.6 Å². The van der Waals surface area contributed by atoms with E-state index in [4.69, 9.17) is 0 Å². The lowest BCUT2D eigenvalue weighted by Crippen LogP contribution is -2.35. The summed E-state index contributed by atoms with van der Waals surface area (Å²) in [5.41, 5.74) is 2.45. The molecule has 3 aromatic carbocycles. The van der Waals surface area contributed by atoms with E-state index in [1.54, 1.807) is 42.5 Å². The number of nitrogens with one attached hydrogen (secondary N) is 2. The summed E-state index contributed by atoms with van der Waals surface area (Å²) in [7, 11) is -3.78. The zero-order valence-electron chi connectivity index (χ0n) is 17.3. The van der Waals surface area contributed by atoms with Gasteiger partial charge in [-0.1, -0.05) is 42.5 Å². The molecular weight excluding hydrogens is 426 g/mol. The summed E-state index contributed by atoms with van der Waals surface area (Å²) >= 11 is 0. The minimum atomic E-state index is -3.78. The maximum atomic E-state index is 13.2. The van der Waals surface area contributed by atoms with Crippen LogP contribution in [0.5, 0.6) is 0 Å². The van der Waals surface area contributed by atoms with E-state index in [1.165, 1.54) is 16.4 Å². The molecule has 0 bridgehead atoms. The average molecular weight is 450 g/mol. The molecule has 0 aliphatic carbocycles. The van der Waals surface area contributed by atoms with E-state index < -0.39 is 15.9 Å². The standard InChI is InChI=1S/C24H23N3O4S/c28-23(19-8-2-1-3-9-19)25-14-15-26-24(29)20-10-6-11-21(17-20)32(30,31)27-16-13-18-7-4-5-12-22(18)27/h1-12,17H,13-16H2,(H,25,28)(H,26,29). The summed E-state index contributed by atoms with van der Waals surface area (Å²) < 4.78 is 27.8. The van der Waals surface area contributed by atoms with Crippen molar-refractivity contribution in [2.24, 2.45) is 0 Å². The van der Waals surface area contributed by atoms with E-state index in [1.807, 2.05) is 24.3 Å². The largest absolute Gasteiger partial charge is 0.350 e. The Morgan fingerprint density at radius 3 is 2.16 bits per heavy atom. The smallest absolute Gasteiger partial charge is 0.264 e. The van der Waals surface area contributed by atoms with Crippen LogP contribution < -0.4 is 14.9 Å². The van der Waals surface area contributed by atoms with Gasteiger partial charge in [0.05, 0.1) is 10.6 Å². The second-order valence-corrected chi connectivity index (χ2v) is 9.22. The van der Waals surface area contributed by atoms with Gasteiger partial charge < -0.3 is 10.6 Å². The van der Waals surface area contributed by atoms with Crippen LogP contribution in [0.25, 0.3) is 0 Å². The molecule has 4 rings (SSSR count). The normalized spacial score (nSPS) is 12.8. The van der Waals surface area contributed by atoms with Crippen LogP contribution in [0, 0.1) is 0 Å². The molecule has 0 fully saturated rings. The van der Waals surface area contributed by atoms with E-state index >= 15 is 0 Å². The fourth-order valence-electron chi connectivity index (χ4n) is 3.63.